The molecule has 1 heterocycles. The molecule has 0 aliphatic heterocycles. The number of nitrogens with one attached hydrogen (secondary N) is 1. The molecule has 2 radical (unpaired) electrons. The number of rotatable bonds is 8. The van der Waals surface area contributed by atoms with Crippen LogP contribution in [0.5, 0.6) is 17.4 Å². The Hall–Kier alpha value is -1.76. The normalized spacial score (nSPS) is 13.2. The van der Waals surface area contributed by atoms with Gasteiger partial charge in [0.15, 0.2) is 0 Å². The van der Waals surface area contributed by atoms with Crippen molar-refractivity contribution in [1.29, 1.82) is 0 Å². The van der Waals surface area contributed by atoms with E-state index in [9.17, 15) is 5.11 Å². The van der Waals surface area contributed by atoms with E-state index in [2.05, 4.69) is 51.8 Å². The molecule has 170 valence electrons. The molecule has 2 aromatic rings. The summed E-state index contributed by atoms with van der Waals surface area (Å²) in [5.41, 5.74) is 2.66. The summed E-state index contributed by atoms with van der Waals surface area (Å²) in [7, 11) is 0.369. The number of halogens is 1. The quantitative estimate of drug-likeness (QED) is 0.414. The van der Waals surface area contributed by atoms with E-state index in [1.807, 2.05) is 39.0 Å². The number of nitrogens with zero attached hydrogens (tertiary/aromatic N) is 1. The molecule has 1 atom stereocenters. The average molecular weight is 463 g/mol. The van der Waals surface area contributed by atoms with E-state index in [4.69, 9.17) is 20.8 Å². The number of hydrogen-bond acceptors (Lipinski definition) is 5. The molecule has 0 saturated carbocycles. The molecule has 1 aromatic heterocycles. The number of anilines is 1. The van der Waals surface area contributed by atoms with Crippen molar-refractivity contribution in [3.05, 3.63) is 40.0 Å². The van der Waals surface area contributed by atoms with Gasteiger partial charge in [0.1, 0.15) is 5.75 Å². The third kappa shape index (κ3) is 6.86. The molecule has 0 aliphatic carbocycles. The SMILES string of the molecule is CCC(Nc1cc(C)nc(Oc2c(C)cc(Cl)cc2C)c1O)C(C)(C)O[Si]C(C)(C)C. The summed E-state index contributed by atoms with van der Waals surface area (Å²) in [6.07, 6.45) is 0.827. The molecule has 0 saturated heterocycles. The summed E-state index contributed by atoms with van der Waals surface area (Å²) in [5, 5.41) is 15.2. The van der Waals surface area contributed by atoms with E-state index >= 15 is 0 Å². The standard InChI is InChI=1S/C24H35ClN2O3Si/c1-10-19(24(8,9)30-31-23(5,6)7)27-18-13-16(4)26-22(20(18)28)29-21-14(2)11-17(25)12-15(21)3/h11-13,19,28H,10H2,1-9H3,(H,26,27). The van der Waals surface area contributed by atoms with Gasteiger partial charge in [0, 0.05) is 10.7 Å². The summed E-state index contributed by atoms with van der Waals surface area (Å²) < 4.78 is 12.3. The molecule has 1 aromatic carbocycles. The highest BCUT2D eigenvalue weighted by Gasteiger charge is 2.32. The summed E-state index contributed by atoms with van der Waals surface area (Å²) in [6, 6.07) is 5.48. The number of aromatic nitrogens is 1. The highest BCUT2D eigenvalue weighted by Crippen LogP contribution is 2.40. The van der Waals surface area contributed by atoms with E-state index in [-0.39, 0.29) is 22.7 Å². The van der Waals surface area contributed by atoms with Crippen LogP contribution in [0.2, 0.25) is 10.1 Å². The van der Waals surface area contributed by atoms with Crippen molar-refractivity contribution in [3.8, 4) is 17.4 Å². The zero-order valence-electron chi connectivity index (χ0n) is 20.1. The van der Waals surface area contributed by atoms with E-state index in [0.29, 0.717) is 26.2 Å². The monoisotopic (exact) mass is 462 g/mol. The number of ether oxygens (including phenoxy) is 1. The van der Waals surface area contributed by atoms with Crippen molar-refractivity contribution in [2.75, 3.05) is 5.32 Å². The van der Waals surface area contributed by atoms with Crippen LogP contribution >= 0.6 is 11.6 Å². The smallest absolute Gasteiger partial charge is 0.264 e. The molecule has 5 nitrogen and oxygen atoms in total. The molecule has 1 unspecified atom stereocenters. The minimum absolute atomic E-state index is 0.0121. The van der Waals surface area contributed by atoms with Gasteiger partial charge in [-0.25, -0.2) is 4.98 Å². The Morgan fingerprint density at radius 3 is 2.19 bits per heavy atom. The van der Waals surface area contributed by atoms with E-state index in [1.165, 1.54) is 0 Å². The molecule has 2 rings (SSSR count). The number of aryl methyl sites for hydroxylation is 3. The summed E-state index contributed by atoms with van der Waals surface area (Å²) in [5.74, 6) is 0.791. The Kier molecular flexibility index (Phi) is 8.06. The van der Waals surface area contributed by atoms with E-state index in [1.54, 1.807) is 0 Å². The topological polar surface area (TPSA) is 63.6 Å². The van der Waals surface area contributed by atoms with Crippen molar-refractivity contribution >= 4 is 27.1 Å². The lowest BCUT2D eigenvalue weighted by Crippen LogP contribution is -2.45. The maximum Gasteiger partial charge on any atom is 0.264 e. The predicted molar refractivity (Wildman–Crippen MR) is 130 cm³/mol. The Morgan fingerprint density at radius 2 is 1.68 bits per heavy atom. The number of aromatic hydroxyl groups is 1. The minimum Gasteiger partial charge on any atom is -0.502 e. The van der Waals surface area contributed by atoms with Gasteiger partial charge in [-0.1, -0.05) is 39.3 Å². The molecule has 0 fully saturated rings. The van der Waals surface area contributed by atoms with Gasteiger partial charge in [0.25, 0.3) is 5.88 Å². The van der Waals surface area contributed by atoms with Crippen LogP contribution in [0.1, 0.15) is 64.8 Å². The van der Waals surface area contributed by atoms with Gasteiger partial charge in [-0.2, -0.15) is 0 Å². The fourth-order valence-electron chi connectivity index (χ4n) is 3.29. The van der Waals surface area contributed by atoms with Crippen LogP contribution in [0.25, 0.3) is 0 Å². The first-order valence-corrected chi connectivity index (χ1v) is 11.9. The van der Waals surface area contributed by atoms with Crippen LogP contribution in [-0.4, -0.2) is 31.5 Å². The van der Waals surface area contributed by atoms with Crippen LogP contribution in [0.3, 0.4) is 0 Å². The fraction of sp³-hybridized carbons (Fsp3) is 0.542. The molecule has 0 bridgehead atoms. The van der Waals surface area contributed by atoms with Gasteiger partial charge in [-0.3, -0.25) is 0 Å². The zero-order valence-corrected chi connectivity index (χ0v) is 21.9. The molecule has 0 spiro atoms. The highest BCUT2D eigenvalue weighted by atomic mass is 35.5. The lowest BCUT2D eigenvalue weighted by molar-refractivity contribution is 0.0858. The Bertz CT molecular complexity index is 903. The highest BCUT2D eigenvalue weighted by molar-refractivity contribution is 6.32. The van der Waals surface area contributed by atoms with E-state index in [0.717, 1.165) is 23.2 Å². The van der Waals surface area contributed by atoms with Gasteiger partial charge < -0.3 is 19.6 Å². The number of hydrogen-bond donors (Lipinski definition) is 2. The molecule has 0 amide bonds. The van der Waals surface area contributed by atoms with Crippen LogP contribution < -0.4 is 10.1 Å². The summed E-state index contributed by atoms with van der Waals surface area (Å²) in [4.78, 5) is 4.42. The fourth-order valence-corrected chi connectivity index (χ4v) is 4.32. The van der Waals surface area contributed by atoms with Crippen molar-refractivity contribution in [2.24, 2.45) is 0 Å². The van der Waals surface area contributed by atoms with E-state index < -0.39 is 5.60 Å². The predicted octanol–water partition coefficient (Wildman–Crippen LogP) is 6.98. The molecule has 7 heteroatoms. The molecule has 0 aliphatic rings. The summed E-state index contributed by atoms with van der Waals surface area (Å²) >= 11 is 6.13. The lowest BCUT2D eigenvalue weighted by atomic mass is 9.96. The Balaban J connectivity index is 2.33. The van der Waals surface area contributed by atoms with Crippen molar-refractivity contribution in [3.63, 3.8) is 0 Å². The average Bonchev–Trinajstić information content (AvgIpc) is 2.63. The van der Waals surface area contributed by atoms with Crippen LogP contribution in [0.15, 0.2) is 18.2 Å². The second-order valence-corrected chi connectivity index (χ2v) is 11.9. The van der Waals surface area contributed by atoms with Gasteiger partial charge in [0.05, 0.1) is 17.3 Å². The van der Waals surface area contributed by atoms with Crippen LogP contribution in [0.4, 0.5) is 5.69 Å². The first-order valence-electron chi connectivity index (χ1n) is 10.6. The molecular weight excluding hydrogens is 428 g/mol. The second kappa shape index (κ2) is 9.80. The van der Waals surface area contributed by atoms with Gasteiger partial charge in [-0.05, 0) is 75.4 Å². The largest absolute Gasteiger partial charge is 0.502 e. The maximum absolute atomic E-state index is 11.0. The summed E-state index contributed by atoms with van der Waals surface area (Å²) in [6.45, 7) is 18.5. The maximum atomic E-state index is 11.0. The lowest BCUT2D eigenvalue weighted by Gasteiger charge is -2.37. The van der Waals surface area contributed by atoms with Crippen LogP contribution in [-0.2, 0) is 4.43 Å². The Morgan fingerprint density at radius 1 is 1.10 bits per heavy atom. The van der Waals surface area contributed by atoms with Crippen LogP contribution in [0, 0.1) is 20.8 Å². The van der Waals surface area contributed by atoms with Crippen molar-refractivity contribution < 1.29 is 14.3 Å². The number of pyridine rings is 1. The third-order valence-corrected chi connectivity index (χ3v) is 6.37. The Labute approximate surface area is 194 Å². The molecule has 31 heavy (non-hydrogen) atoms. The third-order valence-electron chi connectivity index (χ3n) is 4.91. The minimum atomic E-state index is -0.422. The molecule has 2 N–H and O–H groups in total. The van der Waals surface area contributed by atoms with Gasteiger partial charge in [-0.15, -0.1) is 0 Å². The molecular formula is C24H35ClN2O3Si. The van der Waals surface area contributed by atoms with Gasteiger partial charge >= 0.3 is 0 Å². The van der Waals surface area contributed by atoms with Crippen molar-refractivity contribution in [2.45, 2.75) is 85.4 Å². The zero-order chi connectivity index (χ0) is 23.6. The van der Waals surface area contributed by atoms with Gasteiger partial charge in [0.2, 0.25) is 15.5 Å². The second-order valence-electron chi connectivity index (χ2n) is 9.60. The first-order chi connectivity index (χ1) is 14.2. The van der Waals surface area contributed by atoms with Crippen molar-refractivity contribution in [1.82, 2.24) is 4.98 Å². The first kappa shape index (κ1) is 25.5. The number of benzene rings is 1.